The maximum absolute atomic E-state index is 12.5. The lowest BCUT2D eigenvalue weighted by Gasteiger charge is -2.22. The van der Waals surface area contributed by atoms with Crippen LogP contribution in [-0.4, -0.2) is 5.91 Å². The maximum Gasteiger partial charge on any atom is 0.225 e. The van der Waals surface area contributed by atoms with Gasteiger partial charge in [-0.05, 0) is 29.5 Å². The molecule has 0 radical (unpaired) electrons. The molecule has 3 N–H and O–H groups in total. The Kier molecular flexibility index (Phi) is 4.25. The van der Waals surface area contributed by atoms with Gasteiger partial charge in [0.25, 0.3) is 0 Å². The number of fused-ring (bicyclic) bond motifs is 1. The summed E-state index contributed by atoms with van der Waals surface area (Å²) in [7, 11) is 0. The molecule has 1 aliphatic rings. The Morgan fingerprint density at radius 3 is 2.59 bits per heavy atom. The summed E-state index contributed by atoms with van der Waals surface area (Å²) >= 11 is 0. The molecule has 1 amide bonds. The fourth-order valence-corrected chi connectivity index (χ4v) is 3.14. The number of nitrogens with two attached hydrogens (primary N) is 1. The highest BCUT2D eigenvalue weighted by molar-refractivity contribution is 5.80. The van der Waals surface area contributed by atoms with Gasteiger partial charge < -0.3 is 11.1 Å². The number of carbonyl (C=O) groups excluding carboxylic acids is 1. The maximum atomic E-state index is 12.5. The van der Waals surface area contributed by atoms with E-state index in [2.05, 4.69) is 23.5 Å². The van der Waals surface area contributed by atoms with Crippen molar-refractivity contribution in [2.45, 2.75) is 31.8 Å². The molecule has 1 aliphatic carbocycles. The third-order valence-electron chi connectivity index (χ3n) is 4.59. The van der Waals surface area contributed by atoms with Crippen molar-refractivity contribution in [2.75, 3.05) is 0 Å². The first-order valence-corrected chi connectivity index (χ1v) is 7.85. The van der Waals surface area contributed by atoms with E-state index in [1.54, 1.807) is 0 Å². The second kappa shape index (κ2) is 6.32. The van der Waals surface area contributed by atoms with Crippen LogP contribution in [0.25, 0.3) is 0 Å². The lowest BCUT2D eigenvalue weighted by molar-refractivity contribution is -0.125. The van der Waals surface area contributed by atoms with Crippen LogP contribution in [0, 0.1) is 5.92 Å². The molecule has 0 aliphatic heterocycles. The second-order valence-corrected chi connectivity index (χ2v) is 6.02. The third kappa shape index (κ3) is 2.90. The molecule has 3 rings (SSSR count). The van der Waals surface area contributed by atoms with Crippen LogP contribution in [0.1, 0.15) is 42.1 Å². The van der Waals surface area contributed by atoms with Gasteiger partial charge in [-0.2, -0.15) is 0 Å². The molecule has 3 unspecified atom stereocenters. The summed E-state index contributed by atoms with van der Waals surface area (Å²) in [6, 6.07) is 18.0. The smallest absolute Gasteiger partial charge is 0.225 e. The normalized spacial score (nSPS) is 19.3. The van der Waals surface area contributed by atoms with Gasteiger partial charge in [0.1, 0.15) is 0 Å². The first kappa shape index (κ1) is 14.8. The molecular formula is C19H22N2O. The Morgan fingerprint density at radius 2 is 1.82 bits per heavy atom. The standard InChI is InChI=1S/C19H22N2O/c1-13(18(20)15-8-3-2-4-9-15)19(22)21-17-12-11-14-7-5-6-10-16(14)17/h2-10,13,17-18H,11-12,20H2,1H3,(H,21,22). The van der Waals surface area contributed by atoms with E-state index in [4.69, 9.17) is 5.73 Å². The number of amides is 1. The fourth-order valence-electron chi connectivity index (χ4n) is 3.14. The SMILES string of the molecule is CC(C(=O)NC1CCc2ccccc21)C(N)c1ccccc1. The second-order valence-electron chi connectivity index (χ2n) is 6.02. The van der Waals surface area contributed by atoms with E-state index in [1.807, 2.05) is 43.3 Å². The minimum Gasteiger partial charge on any atom is -0.349 e. The van der Waals surface area contributed by atoms with Crippen LogP contribution >= 0.6 is 0 Å². The average Bonchev–Trinajstić information content (AvgIpc) is 2.97. The van der Waals surface area contributed by atoms with E-state index >= 15 is 0 Å². The predicted molar refractivity (Wildman–Crippen MR) is 88.2 cm³/mol. The van der Waals surface area contributed by atoms with Crippen LogP contribution in [-0.2, 0) is 11.2 Å². The van der Waals surface area contributed by atoms with Gasteiger partial charge in [0, 0.05) is 6.04 Å². The van der Waals surface area contributed by atoms with Crippen LogP contribution in [0.5, 0.6) is 0 Å². The molecule has 2 aromatic rings. The number of nitrogens with one attached hydrogen (secondary N) is 1. The number of hydrogen-bond acceptors (Lipinski definition) is 2. The van der Waals surface area contributed by atoms with E-state index in [0.717, 1.165) is 18.4 Å². The number of aryl methyl sites for hydroxylation is 1. The zero-order valence-electron chi connectivity index (χ0n) is 12.8. The minimum absolute atomic E-state index is 0.0260. The van der Waals surface area contributed by atoms with Crippen molar-refractivity contribution >= 4 is 5.91 Å². The van der Waals surface area contributed by atoms with Gasteiger partial charge in [0.15, 0.2) is 0 Å². The highest BCUT2D eigenvalue weighted by atomic mass is 16.2. The zero-order chi connectivity index (χ0) is 15.5. The molecule has 2 aromatic carbocycles. The molecule has 0 bridgehead atoms. The summed E-state index contributed by atoms with van der Waals surface area (Å²) < 4.78 is 0. The molecule has 0 heterocycles. The van der Waals surface area contributed by atoms with E-state index in [0.29, 0.717) is 0 Å². The van der Waals surface area contributed by atoms with E-state index < -0.39 is 0 Å². The summed E-state index contributed by atoms with van der Waals surface area (Å²) in [5.74, 6) is -0.229. The van der Waals surface area contributed by atoms with Crippen molar-refractivity contribution in [3.63, 3.8) is 0 Å². The van der Waals surface area contributed by atoms with Crippen molar-refractivity contribution in [2.24, 2.45) is 11.7 Å². The molecule has 0 aromatic heterocycles. The first-order valence-electron chi connectivity index (χ1n) is 7.85. The van der Waals surface area contributed by atoms with Gasteiger partial charge in [-0.1, -0.05) is 61.5 Å². The van der Waals surface area contributed by atoms with Crippen molar-refractivity contribution in [3.8, 4) is 0 Å². The molecular weight excluding hydrogens is 272 g/mol. The van der Waals surface area contributed by atoms with Crippen LogP contribution in [0.2, 0.25) is 0 Å². The molecule has 3 atom stereocenters. The van der Waals surface area contributed by atoms with Gasteiger partial charge >= 0.3 is 0 Å². The van der Waals surface area contributed by atoms with E-state index in [-0.39, 0.29) is 23.9 Å². The molecule has 0 saturated carbocycles. The molecule has 22 heavy (non-hydrogen) atoms. The summed E-state index contributed by atoms with van der Waals surface area (Å²) in [4.78, 5) is 12.5. The van der Waals surface area contributed by atoms with E-state index in [1.165, 1.54) is 11.1 Å². The molecule has 114 valence electrons. The lowest BCUT2D eigenvalue weighted by Crippen LogP contribution is -2.37. The topological polar surface area (TPSA) is 55.1 Å². The van der Waals surface area contributed by atoms with Crippen LogP contribution in [0.4, 0.5) is 0 Å². The number of rotatable bonds is 4. The van der Waals surface area contributed by atoms with Crippen molar-refractivity contribution in [3.05, 3.63) is 71.3 Å². The molecule has 0 saturated heterocycles. The van der Waals surface area contributed by atoms with Crippen molar-refractivity contribution in [1.29, 1.82) is 0 Å². The summed E-state index contributed by atoms with van der Waals surface area (Å²) in [5.41, 5.74) is 9.83. The zero-order valence-corrected chi connectivity index (χ0v) is 12.8. The van der Waals surface area contributed by atoms with Crippen molar-refractivity contribution < 1.29 is 4.79 Å². The highest BCUT2D eigenvalue weighted by Crippen LogP contribution is 2.31. The first-order chi connectivity index (χ1) is 10.7. The fraction of sp³-hybridized carbons (Fsp3) is 0.316. The van der Waals surface area contributed by atoms with Gasteiger partial charge in [-0.25, -0.2) is 0 Å². The Labute approximate surface area is 131 Å². The Morgan fingerprint density at radius 1 is 1.14 bits per heavy atom. The van der Waals surface area contributed by atoms with Gasteiger partial charge in [-0.15, -0.1) is 0 Å². The Hall–Kier alpha value is -2.13. The van der Waals surface area contributed by atoms with Gasteiger partial charge in [-0.3, -0.25) is 4.79 Å². The van der Waals surface area contributed by atoms with E-state index in [9.17, 15) is 4.79 Å². The van der Waals surface area contributed by atoms with Crippen molar-refractivity contribution in [1.82, 2.24) is 5.32 Å². The third-order valence-corrected chi connectivity index (χ3v) is 4.59. The summed E-state index contributed by atoms with van der Waals surface area (Å²) in [6.07, 6.45) is 2.00. The molecule has 0 fully saturated rings. The molecule has 3 heteroatoms. The van der Waals surface area contributed by atoms with Crippen LogP contribution < -0.4 is 11.1 Å². The van der Waals surface area contributed by atoms with Crippen LogP contribution in [0.3, 0.4) is 0 Å². The lowest BCUT2D eigenvalue weighted by atomic mass is 9.94. The molecule has 0 spiro atoms. The molecule has 3 nitrogen and oxygen atoms in total. The minimum atomic E-state index is -0.280. The van der Waals surface area contributed by atoms with Gasteiger partial charge in [0.05, 0.1) is 12.0 Å². The Balaban J connectivity index is 1.68. The summed E-state index contributed by atoms with van der Waals surface area (Å²) in [6.45, 7) is 1.90. The average molecular weight is 294 g/mol. The number of benzene rings is 2. The van der Waals surface area contributed by atoms with Gasteiger partial charge in [0.2, 0.25) is 5.91 Å². The predicted octanol–water partition coefficient (Wildman–Crippen LogP) is 3.13. The summed E-state index contributed by atoms with van der Waals surface area (Å²) in [5, 5.41) is 3.17. The quantitative estimate of drug-likeness (QED) is 0.910. The monoisotopic (exact) mass is 294 g/mol. The number of carbonyl (C=O) groups is 1. The number of hydrogen-bond donors (Lipinski definition) is 2. The highest BCUT2D eigenvalue weighted by Gasteiger charge is 2.28. The Bertz CT molecular complexity index is 653. The van der Waals surface area contributed by atoms with Crippen LogP contribution in [0.15, 0.2) is 54.6 Å². The largest absolute Gasteiger partial charge is 0.349 e.